The van der Waals surface area contributed by atoms with Crippen LogP contribution in [-0.4, -0.2) is 12.8 Å². The second-order valence-electron chi connectivity index (χ2n) is 3.81. The van der Waals surface area contributed by atoms with Crippen LogP contribution in [0.25, 0.3) is 6.08 Å². The van der Waals surface area contributed by atoms with E-state index in [0.29, 0.717) is 0 Å². The van der Waals surface area contributed by atoms with Crippen LogP contribution in [0, 0.1) is 0 Å². The molecule has 0 atom stereocenters. The fraction of sp³-hybridized carbons (Fsp3) is 0.0625. The van der Waals surface area contributed by atoms with Crippen molar-refractivity contribution >= 4 is 11.8 Å². The Labute approximate surface area is 107 Å². The van der Waals surface area contributed by atoms with Crippen LogP contribution < -0.4 is 0 Å². The van der Waals surface area contributed by atoms with Crippen LogP contribution >= 0.6 is 0 Å². The minimum Gasteiger partial charge on any atom is -0.399 e. The van der Waals surface area contributed by atoms with Crippen LogP contribution in [0.2, 0.25) is 0 Å². The number of oxime groups is 1. The molecule has 0 aliphatic rings. The molecular weight excluding hydrogens is 222 g/mol. The Morgan fingerprint density at radius 1 is 1.00 bits per heavy atom. The van der Waals surface area contributed by atoms with Gasteiger partial charge in [0.05, 0.1) is 0 Å². The molecule has 0 aromatic heterocycles. The van der Waals surface area contributed by atoms with Gasteiger partial charge in [0.1, 0.15) is 12.8 Å². The molecule has 0 aliphatic carbocycles. The topological polar surface area (TPSA) is 21.6 Å². The molecule has 0 heterocycles. The summed E-state index contributed by atoms with van der Waals surface area (Å²) in [6.07, 6.45) is 1.82. The molecule has 0 aliphatic heterocycles. The Morgan fingerprint density at radius 2 is 1.61 bits per heavy atom. The van der Waals surface area contributed by atoms with Crippen molar-refractivity contribution in [1.82, 2.24) is 0 Å². The largest absolute Gasteiger partial charge is 0.399 e. The standard InChI is InChI=1S/C16H15NO/c1-3-13-9-11-15(12-10-13)16(17-18-2)14-7-5-4-6-8-14/h3-12H,1H2,2H3/b17-16-. The van der Waals surface area contributed by atoms with E-state index in [1.807, 2.05) is 60.7 Å². The van der Waals surface area contributed by atoms with Crippen molar-refractivity contribution in [3.05, 3.63) is 77.9 Å². The third-order valence-electron chi connectivity index (χ3n) is 2.65. The summed E-state index contributed by atoms with van der Waals surface area (Å²) in [6.45, 7) is 3.75. The fourth-order valence-corrected chi connectivity index (χ4v) is 1.74. The second-order valence-corrected chi connectivity index (χ2v) is 3.81. The van der Waals surface area contributed by atoms with Crippen molar-refractivity contribution in [3.63, 3.8) is 0 Å². The number of rotatable bonds is 4. The van der Waals surface area contributed by atoms with Crippen molar-refractivity contribution in [2.24, 2.45) is 5.16 Å². The molecular formula is C16H15NO. The monoisotopic (exact) mass is 237 g/mol. The molecule has 0 saturated carbocycles. The van der Waals surface area contributed by atoms with E-state index in [1.165, 1.54) is 0 Å². The number of nitrogens with zero attached hydrogens (tertiary/aromatic N) is 1. The zero-order chi connectivity index (χ0) is 12.8. The number of hydrogen-bond acceptors (Lipinski definition) is 2. The molecule has 18 heavy (non-hydrogen) atoms. The van der Waals surface area contributed by atoms with Gasteiger partial charge in [0.15, 0.2) is 0 Å². The van der Waals surface area contributed by atoms with Gasteiger partial charge >= 0.3 is 0 Å². The summed E-state index contributed by atoms with van der Waals surface area (Å²) >= 11 is 0. The van der Waals surface area contributed by atoms with Gasteiger partial charge in [-0.2, -0.15) is 0 Å². The van der Waals surface area contributed by atoms with Gasteiger partial charge in [0, 0.05) is 11.1 Å². The van der Waals surface area contributed by atoms with E-state index in [4.69, 9.17) is 4.84 Å². The van der Waals surface area contributed by atoms with Crippen molar-refractivity contribution in [2.45, 2.75) is 0 Å². The van der Waals surface area contributed by atoms with Gasteiger partial charge in [-0.15, -0.1) is 0 Å². The normalized spacial score (nSPS) is 11.1. The highest BCUT2D eigenvalue weighted by Crippen LogP contribution is 2.13. The van der Waals surface area contributed by atoms with Gasteiger partial charge in [-0.25, -0.2) is 0 Å². The summed E-state index contributed by atoms with van der Waals surface area (Å²) in [7, 11) is 1.56. The van der Waals surface area contributed by atoms with E-state index >= 15 is 0 Å². The smallest absolute Gasteiger partial charge is 0.117 e. The lowest BCUT2D eigenvalue weighted by Crippen LogP contribution is -2.03. The summed E-state index contributed by atoms with van der Waals surface area (Å²) in [5.74, 6) is 0. The van der Waals surface area contributed by atoms with E-state index in [9.17, 15) is 0 Å². The van der Waals surface area contributed by atoms with Gasteiger partial charge in [0.25, 0.3) is 0 Å². The van der Waals surface area contributed by atoms with Crippen LogP contribution in [0.4, 0.5) is 0 Å². The molecule has 0 saturated heterocycles. The van der Waals surface area contributed by atoms with E-state index in [2.05, 4.69) is 11.7 Å². The van der Waals surface area contributed by atoms with Gasteiger partial charge in [-0.05, 0) is 5.56 Å². The molecule has 2 aromatic rings. The maximum absolute atomic E-state index is 4.94. The Kier molecular flexibility index (Phi) is 3.92. The third kappa shape index (κ3) is 2.66. The molecule has 0 N–H and O–H groups in total. The lowest BCUT2D eigenvalue weighted by molar-refractivity contribution is 0.214. The van der Waals surface area contributed by atoms with E-state index < -0.39 is 0 Å². The average Bonchev–Trinajstić information content (AvgIpc) is 2.46. The van der Waals surface area contributed by atoms with E-state index in [1.54, 1.807) is 7.11 Å². The molecule has 0 amide bonds. The first-order valence-corrected chi connectivity index (χ1v) is 5.74. The minimum atomic E-state index is 0.828. The molecule has 2 nitrogen and oxygen atoms in total. The number of benzene rings is 2. The highest BCUT2D eigenvalue weighted by molar-refractivity contribution is 6.12. The summed E-state index contributed by atoms with van der Waals surface area (Å²) < 4.78 is 0. The molecule has 0 spiro atoms. The van der Waals surface area contributed by atoms with E-state index in [0.717, 1.165) is 22.4 Å². The van der Waals surface area contributed by atoms with E-state index in [-0.39, 0.29) is 0 Å². The van der Waals surface area contributed by atoms with Crippen LogP contribution in [0.5, 0.6) is 0 Å². The highest BCUT2D eigenvalue weighted by atomic mass is 16.6. The summed E-state index contributed by atoms with van der Waals surface area (Å²) in [4.78, 5) is 4.94. The molecule has 0 fully saturated rings. The van der Waals surface area contributed by atoms with Crippen LogP contribution in [0.15, 0.2) is 66.3 Å². The van der Waals surface area contributed by atoms with Crippen LogP contribution in [0.3, 0.4) is 0 Å². The molecule has 0 bridgehead atoms. The summed E-state index contributed by atoms with van der Waals surface area (Å²) in [5, 5.41) is 4.11. The first-order valence-electron chi connectivity index (χ1n) is 5.74. The van der Waals surface area contributed by atoms with Gasteiger partial charge in [0.2, 0.25) is 0 Å². The second kappa shape index (κ2) is 5.82. The minimum absolute atomic E-state index is 0.828. The first kappa shape index (κ1) is 12.1. The lowest BCUT2D eigenvalue weighted by atomic mass is 10.0. The van der Waals surface area contributed by atoms with Crippen molar-refractivity contribution in [2.75, 3.05) is 7.11 Å². The average molecular weight is 237 g/mol. The van der Waals surface area contributed by atoms with Crippen LogP contribution in [0.1, 0.15) is 16.7 Å². The predicted octanol–water partition coefficient (Wildman–Crippen LogP) is 3.73. The molecule has 0 unspecified atom stereocenters. The maximum Gasteiger partial charge on any atom is 0.117 e. The Balaban J connectivity index is 2.42. The molecule has 2 aromatic carbocycles. The molecule has 2 rings (SSSR count). The fourth-order valence-electron chi connectivity index (χ4n) is 1.74. The maximum atomic E-state index is 4.94. The van der Waals surface area contributed by atoms with Crippen molar-refractivity contribution < 1.29 is 4.84 Å². The van der Waals surface area contributed by atoms with Gasteiger partial charge in [-0.3, -0.25) is 0 Å². The molecule has 2 heteroatoms. The third-order valence-corrected chi connectivity index (χ3v) is 2.65. The molecule has 90 valence electrons. The summed E-state index contributed by atoms with van der Waals surface area (Å²) in [6, 6.07) is 18.0. The highest BCUT2D eigenvalue weighted by Gasteiger charge is 2.06. The van der Waals surface area contributed by atoms with Gasteiger partial charge in [-0.1, -0.05) is 72.4 Å². The predicted molar refractivity (Wildman–Crippen MR) is 75.6 cm³/mol. The first-order chi connectivity index (χ1) is 8.85. The number of hydrogen-bond donors (Lipinski definition) is 0. The van der Waals surface area contributed by atoms with Crippen LogP contribution in [-0.2, 0) is 4.84 Å². The Hall–Kier alpha value is -2.35. The SMILES string of the molecule is C=Cc1ccc(/C(=N\OC)c2ccccc2)cc1. The Morgan fingerprint density at radius 3 is 2.17 bits per heavy atom. The zero-order valence-corrected chi connectivity index (χ0v) is 10.3. The Bertz CT molecular complexity index is 541. The quantitative estimate of drug-likeness (QED) is 0.586. The zero-order valence-electron chi connectivity index (χ0n) is 10.3. The van der Waals surface area contributed by atoms with Crippen molar-refractivity contribution in [3.8, 4) is 0 Å². The lowest BCUT2D eigenvalue weighted by Gasteiger charge is -2.06. The van der Waals surface area contributed by atoms with Crippen molar-refractivity contribution in [1.29, 1.82) is 0 Å². The van der Waals surface area contributed by atoms with Gasteiger partial charge < -0.3 is 4.84 Å². The summed E-state index contributed by atoms with van der Waals surface area (Å²) in [5.41, 5.74) is 3.97. The molecule has 0 radical (unpaired) electrons.